The highest BCUT2D eigenvalue weighted by Gasteiger charge is 2.25. The van der Waals surface area contributed by atoms with Crippen molar-refractivity contribution in [3.8, 4) is 5.69 Å². The predicted octanol–water partition coefficient (Wildman–Crippen LogP) is 5.01. The van der Waals surface area contributed by atoms with Crippen molar-refractivity contribution in [2.24, 2.45) is 0 Å². The Hall–Kier alpha value is -3.12. The average Bonchev–Trinajstić information content (AvgIpc) is 2.92. The van der Waals surface area contributed by atoms with E-state index in [1.165, 1.54) is 6.92 Å². The third-order valence-electron chi connectivity index (χ3n) is 5.18. The van der Waals surface area contributed by atoms with Crippen LogP contribution in [0.5, 0.6) is 0 Å². The topological polar surface area (TPSA) is 76.0 Å². The van der Waals surface area contributed by atoms with Crippen LogP contribution in [0.2, 0.25) is 5.02 Å². The Morgan fingerprint density at radius 3 is 2.53 bits per heavy atom. The lowest BCUT2D eigenvalue weighted by atomic mass is 10.1. The first-order chi connectivity index (χ1) is 14.5. The molecule has 0 unspecified atom stereocenters. The first kappa shape index (κ1) is 20.2. The molecule has 1 aliphatic rings. The van der Waals surface area contributed by atoms with E-state index in [1.54, 1.807) is 18.2 Å². The summed E-state index contributed by atoms with van der Waals surface area (Å²) in [6.45, 7) is 1.43. The van der Waals surface area contributed by atoms with Crippen molar-refractivity contribution in [1.82, 2.24) is 9.78 Å². The number of hydrogen-bond donors (Lipinski definition) is 2. The molecule has 0 aliphatic heterocycles. The van der Waals surface area contributed by atoms with Gasteiger partial charge < -0.3 is 10.6 Å². The Balaban J connectivity index is 1.70. The molecule has 0 saturated carbocycles. The van der Waals surface area contributed by atoms with Crippen molar-refractivity contribution < 1.29 is 9.59 Å². The van der Waals surface area contributed by atoms with E-state index in [0.717, 1.165) is 49.0 Å². The molecule has 1 heterocycles. The fraction of sp³-hybridized carbons (Fsp3) is 0.261. The summed E-state index contributed by atoms with van der Waals surface area (Å²) in [6.07, 6.45) is 4.96. The van der Waals surface area contributed by atoms with Gasteiger partial charge in [-0.15, -0.1) is 0 Å². The van der Waals surface area contributed by atoms with Crippen molar-refractivity contribution in [1.29, 1.82) is 0 Å². The number of fused-ring (bicyclic) bond motifs is 1. The molecule has 0 fully saturated rings. The van der Waals surface area contributed by atoms with Gasteiger partial charge >= 0.3 is 0 Å². The third kappa shape index (κ3) is 4.24. The normalized spacial score (nSPS) is 13.3. The average molecular weight is 423 g/mol. The van der Waals surface area contributed by atoms with Gasteiger partial charge in [0.2, 0.25) is 5.91 Å². The van der Waals surface area contributed by atoms with Crippen LogP contribution < -0.4 is 10.6 Å². The summed E-state index contributed by atoms with van der Waals surface area (Å²) in [4.78, 5) is 24.5. The molecule has 4 rings (SSSR count). The molecule has 2 aromatic carbocycles. The minimum Gasteiger partial charge on any atom is -0.326 e. The molecule has 1 aliphatic carbocycles. The van der Waals surface area contributed by atoms with Crippen molar-refractivity contribution in [2.45, 2.75) is 39.0 Å². The predicted molar refractivity (Wildman–Crippen MR) is 119 cm³/mol. The number of hydrogen-bond acceptors (Lipinski definition) is 3. The summed E-state index contributed by atoms with van der Waals surface area (Å²) in [5.41, 5.74) is 4.47. The maximum Gasteiger partial charge on any atom is 0.276 e. The van der Waals surface area contributed by atoms with Crippen LogP contribution in [0.1, 0.15) is 47.9 Å². The largest absolute Gasteiger partial charge is 0.326 e. The molecule has 2 amide bonds. The number of nitrogens with zero attached hydrogens (tertiary/aromatic N) is 2. The van der Waals surface area contributed by atoms with Crippen LogP contribution in [0.25, 0.3) is 5.69 Å². The summed E-state index contributed by atoms with van der Waals surface area (Å²) in [5, 5.41) is 10.7. The van der Waals surface area contributed by atoms with Crippen molar-refractivity contribution in [3.05, 3.63) is 70.5 Å². The molecule has 7 heteroatoms. The molecule has 0 saturated heterocycles. The van der Waals surface area contributed by atoms with Gasteiger partial charge in [-0.05, 0) is 56.0 Å². The van der Waals surface area contributed by atoms with Gasteiger partial charge in [-0.25, -0.2) is 4.68 Å². The van der Waals surface area contributed by atoms with E-state index in [0.29, 0.717) is 22.1 Å². The van der Waals surface area contributed by atoms with Gasteiger partial charge in [-0.2, -0.15) is 5.10 Å². The van der Waals surface area contributed by atoms with E-state index >= 15 is 0 Å². The van der Waals surface area contributed by atoms with E-state index in [-0.39, 0.29) is 11.8 Å². The van der Waals surface area contributed by atoms with Gasteiger partial charge in [-0.3, -0.25) is 9.59 Å². The first-order valence-electron chi connectivity index (χ1n) is 10.1. The molecule has 3 aromatic rings. The van der Waals surface area contributed by atoms with Crippen LogP contribution in [0.3, 0.4) is 0 Å². The van der Waals surface area contributed by atoms with Gasteiger partial charge in [0.05, 0.1) is 16.4 Å². The highest BCUT2D eigenvalue weighted by Crippen LogP contribution is 2.29. The third-order valence-corrected chi connectivity index (χ3v) is 5.51. The summed E-state index contributed by atoms with van der Waals surface area (Å²) >= 11 is 6.28. The van der Waals surface area contributed by atoms with Crippen molar-refractivity contribution in [3.63, 3.8) is 0 Å². The highest BCUT2D eigenvalue weighted by atomic mass is 35.5. The van der Waals surface area contributed by atoms with Crippen LogP contribution in [-0.4, -0.2) is 21.6 Å². The summed E-state index contributed by atoms with van der Waals surface area (Å²) in [6, 6.07) is 14.9. The van der Waals surface area contributed by atoms with Crippen LogP contribution >= 0.6 is 11.6 Å². The Morgan fingerprint density at radius 2 is 1.77 bits per heavy atom. The maximum atomic E-state index is 13.2. The summed E-state index contributed by atoms with van der Waals surface area (Å²) < 4.78 is 1.89. The number of aromatic nitrogens is 2. The molecule has 0 atom stereocenters. The minimum atomic E-state index is -0.301. The second-order valence-electron chi connectivity index (χ2n) is 7.41. The van der Waals surface area contributed by atoms with Crippen LogP contribution in [0.15, 0.2) is 48.5 Å². The van der Waals surface area contributed by atoms with Gasteiger partial charge in [0.25, 0.3) is 5.91 Å². The van der Waals surface area contributed by atoms with E-state index in [9.17, 15) is 9.59 Å². The zero-order chi connectivity index (χ0) is 21.1. The number of rotatable bonds is 4. The molecule has 30 heavy (non-hydrogen) atoms. The number of para-hydroxylation sites is 1. The number of carbonyl (C=O) groups is 2. The molecular weight excluding hydrogens is 400 g/mol. The lowest BCUT2D eigenvalue weighted by molar-refractivity contribution is -0.114. The Labute approximate surface area is 180 Å². The maximum absolute atomic E-state index is 13.2. The second kappa shape index (κ2) is 8.71. The molecule has 0 bridgehead atoms. The van der Waals surface area contributed by atoms with Gasteiger partial charge in [0.15, 0.2) is 5.69 Å². The summed E-state index contributed by atoms with van der Waals surface area (Å²) in [7, 11) is 0. The molecule has 1 aromatic heterocycles. The lowest BCUT2D eigenvalue weighted by Gasteiger charge is -2.10. The number of nitrogens with one attached hydrogen (secondary N) is 2. The van der Waals surface area contributed by atoms with Crippen LogP contribution in [0.4, 0.5) is 11.4 Å². The molecule has 2 N–H and O–H groups in total. The van der Waals surface area contributed by atoms with E-state index in [2.05, 4.69) is 10.6 Å². The van der Waals surface area contributed by atoms with Gasteiger partial charge in [-0.1, -0.05) is 36.2 Å². The van der Waals surface area contributed by atoms with Gasteiger partial charge in [0.1, 0.15) is 0 Å². The van der Waals surface area contributed by atoms with Crippen molar-refractivity contribution >= 4 is 34.8 Å². The fourth-order valence-corrected chi connectivity index (χ4v) is 3.99. The zero-order valence-electron chi connectivity index (χ0n) is 16.7. The van der Waals surface area contributed by atoms with Gasteiger partial charge in [0, 0.05) is 23.9 Å². The minimum absolute atomic E-state index is 0.193. The molecule has 154 valence electrons. The SMILES string of the molecule is CC(=O)Nc1ccc(Cl)c(NC(=O)c2nn(-c3ccccc3)c3c2CCCCC3)c1. The van der Waals surface area contributed by atoms with Crippen molar-refractivity contribution in [2.75, 3.05) is 10.6 Å². The molecular formula is C23H23ClN4O2. The smallest absolute Gasteiger partial charge is 0.276 e. The molecule has 0 spiro atoms. The molecule has 6 nitrogen and oxygen atoms in total. The Kier molecular flexibility index (Phi) is 5.86. The van der Waals surface area contributed by atoms with E-state index in [4.69, 9.17) is 16.7 Å². The Bertz CT molecular complexity index is 1090. The second-order valence-corrected chi connectivity index (χ2v) is 7.82. The number of carbonyl (C=O) groups excluding carboxylic acids is 2. The quantitative estimate of drug-likeness (QED) is 0.580. The highest BCUT2D eigenvalue weighted by molar-refractivity contribution is 6.34. The van der Waals surface area contributed by atoms with Crippen LogP contribution in [-0.2, 0) is 17.6 Å². The zero-order valence-corrected chi connectivity index (χ0v) is 17.5. The number of amides is 2. The van der Waals surface area contributed by atoms with E-state index in [1.807, 2.05) is 35.0 Å². The monoisotopic (exact) mass is 422 g/mol. The first-order valence-corrected chi connectivity index (χ1v) is 10.5. The fourth-order valence-electron chi connectivity index (χ4n) is 3.82. The summed E-state index contributed by atoms with van der Waals surface area (Å²) in [5.74, 6) is -0.494. The number of halogens is 1. The van der Waals surface area contributed by atoms with E-state index < -0.39 is 0 Å². The molecule has 0 radical (unpaired) electrons. The number of benzene rings is 2. The Morgan fingerprint density at radius 1 is 1.00 bits per heavy atom. The van der Waals surface area contributed by atoms with Crippen LogP contribution in [0, 0.1) is 0 Å². The number of anilines is 2. The lowest BCUT2D eigenvalue weighted by Crippen LogP contribution is -2.16. The standard InChI is InChI=1S/C23H23ClN4O2/c1-15(29)25-16-12-13-19(24)20(14-16)26-23(30)22-18-10-6-3-7-11-21(18)28(27-22)17-8-4-2-5-9-17/h2,4-5,8-9,12-14H,3,6-7,10-11H2,1H3,(H,25,29)(H,26,30).